The molecule has 0 aromatic heterocycles. The summed E-state index contributed by atoms with van der Waals surface area (Å²) in [5.41, 5.74) is -0.566. The lowest BCUT2D eigenvalue weighted by Crippen LogP contribution is -2.48. The van der Waals surface area contributed by atoms with Gasteiger partial charge in [0.05, 0.1) is 0 Å². The lowest BCUT2D eigenvalue weighted by Gasteiger charge is -2.29. The third-order valence-corrected chi connectivity index (χ3v) is 5.22. The Labute approximate surface area is 167 Å². The number of carbonyl (C=O) groups is 3. The molecule has 8 heteroatoms. The molecule has 2 rings (SSSR count). The van der Waals surface area contributed by atoms with E-state index in [1.54, 1.807) is 20.8 Å². The van der Waals surface area contributed by atoms with Gasteiger partial charge in [-0.3, -0.25) is 9.59 Å². The third kappa shape index (κ3) is 8.46. The van der Waals surface area contributed by atoms with Gasteiger partial charge in [0.15, 0.2) is 0 Å². The SMILES string of the molecule is CC(C)(C)OC(=O)CNC(=O)C1CCCC(NC(=O)NCC2CCNCC2)C1. The van der Waals surface area contributed by atoms with Gasteiger partial charge in [-0.25, -0.2) is 4.79 Å². The van der Waals surface area contributed by atoms with Gasteiger partial charge >= 0.3 is 12.0 Å². The zero-order valence-corrected chi connectivity index (χ0v) is 17.4. The molecule has 1 saturated carbocycles. The fourth-order valence-corrected chi connectivity index (χ4v) is 3.80. The number of carbonyl (C=O) groups excluding carboxylic acids is 3. The minimum absolute atomic E-state index is 0.0148. The summed E-state index contributed by atoms with van der Waals surface area (Å²) < 4.78 is 5.20. The Balaban J connectivity index is 1.68. The summed E-state index contributed by atoms with van der Waals surface area (Å²) in [7, 11) is 0. The molecule has 3 amide bonds. The molecule has 160 valence electrons. The molecule has 1 heterocycles. The van der Waals surface area contributed by atoms with Gasteiger partial charge in [-0.2, -0.15) is 0 Å². The Bertz CT molecular complexity index is 541. The van der Waals surface area contributed by atoms with Crippen LogP contribution in [0.15, 0.2) is 0 Å². The number of piperidine rings is 1. The molecule has 2 unspecified atom stereocenters. The second kappa shape index (κ2) is 10.6. The Kier molecular flexibility index (Phi) is 8.54. The molecule has 28 heavy (non-hydrogen) atoms. The first-order chi connectivity index (χ1) is 13.2. The van der Waals surface area contributed by atoms with Crippen molar-refractivity contribution in [1.29, 1.82) is 0 Å². The lowest BCUT2D eigenvalue weighted by molar-refractivity contribution is -0.154. The molecule has 8 nitrogen and oxygen atoms in total. The number of amides is 3. The van der Waals surface area contributed by atoms with Crippen molar-refractivity contribution < 1.29 is 19.1 Å². The zero-order valence-electron chi connectivity index (χ0n) is 17.4. The number of urea groups is 1. The Morgan fingerprint density at radius 3 is 2.43 bits per heavy atom. The van der Waals surface area contributed by atoms with E-state index in [-0.39, 0.29) is 30.4 Å². The van der Waals surface area contributed by atoms with Crippen LogP contribution >= 0.6 is 0 Å². The molecule has 0 bridgehead atoms. The highest BCUT2D eigenvalue weighted by Crippen LogP contribution is 2.24. The smallest absolute Gasteiger partial charge is 0.325 e. The van der Waals surface area contributed by atoms with Gasteiger partial charge in [0.25, 0.3) is 0 Å². The number of esters is 1. The van der Waals surface area contributed by atoms with Crippen LogP contribution in [0.1, 0.15) is 59.3 Å². The molecule has 2 fully saturated rings. The highest BCUT2D eigenvalue weighted by atomic mass is 16.6. The number of hydrogen-bond acceptors (Lipinski definition) is 5. The van der Waals surface area contributed by atoms with Crippen molar-refractivity contribution in [3.8, 4) is 0 Å². The van der Waals surface area contributed by atoms with E-state index in [0.29, 0.717) is 18.9 Å². The molecule has 2 atom stereocenters. The maximum absolute atomic E-state index is 12.4. The van der Waals surface area contributed by atoms with Gasteiger partial charge in [0, 0.05) is 18.5 Å². The molecule has 0 aromatic carbocycles. The van der Waals surface area contributed by atoms with E-state index in [1.165, 1.54) is 0 Å². The maximum atomic E-state index is 12.4. The van der Waals surface area contributed by atoms with Crippen LogP contribution < -0.4 is 21.3 Å². The van der Waals surface area contributed by atoms with Gasteiger partial charge < -0.3 is 26.0 Å². The minimum Gasteiger partial charge on any atom is -0.459 e. The molecular formula is C20H36N4O4. The summed E-state index contributed by atoms with van der Waals surface area (Å²) >= 11 is 0. The quantitative estimate of drug-likeness (QED) is 0.506. The fourth-order valence-electron chi connectivity index (χ4n) is 3.80. The lowest BCUT2D eigenvalue weighted by atomic mass is 9.85. The number of hydrogen-bond donors (Lipinski definition) is 4. The van der Waals surface area contributed by atoms with E-state index >= 15 is 0 Å². The summed E-state index contributed by atoms with van der Waals surface area (Å²) in [6.07, 6.45) is 5.30. The first kappa shape index (κ1) is 22.5. The summed E-state index contributed by atoms with van der Waals surface area (Å²) in [4.78, 5) is 36.3. The minimum atomic E-state index is -0.566. The van der Waals surface area contributed by atoms with Crippen LogP contribution in [0.4, 0.5) is 4.79 Å². The van der Waals surface area contributed by atoms with E-state index in [9.17, 15) is 14.4 Å². The van der Waals surface area contributed by atoms with Gasteiger partial charge in [-0.05, 0) is 71.9 Å². The molecule has 0 spiro atoms. The van der Waals surface area contributed by atoms with Crippen molar-refractivity contribution >= 4 is 17.9 Å². The molecule has 1 aliphatic carbocycles. The largest absolute Gasteiger partial charge is 0.459 e. The number of ether oxygens (including phenoxy) is 1. The van der Waals surface area contributed by atoms with Crippen molar-refractivity contribution in [2.24, 2.45) is 11.8 Å². The standard InChI is InChI=1S/C20H36N4O4/c1-20(2,3)28-17(25)13-22-18(26)15-5-4-6-16(11-15)24-19(27)23-12-14-7-9-21-10-8-14/h14-16,21H,4-13H2,1-3H3,(H,22,26)(H2,23,24,27). The molecular weight excluding hydrogens is 360 g/mol. The van der Waals surface area contributed by atoms with Gasteiger partial charge in [-0.15, -0.1) is 0 Å². The second-order valence-corrected chi connectivity index (χ2v) is 8.91. The average Bonchev–Trinajstić information content (AvgIpc) is 2.64. The monoisotopic (exact) mass is 396 g/mol. The molecule has 1 saturated heterocycles. The van der Waals surface area contributed by atoms with Crippen LogP contribution in [0.2, 0.25) is 0 Å². The zero-order chi connectivity index (χ0) is 20.6. The first-order valence-corrected chi connectivity index (χ1v) is 10.5. The second-order valence-electron chi connectivity index (χ2n) is 8.91. The molecule has 0 aromatic rings. The Morgan fingerprint density at radius 1 is 1.04 bits per heavy atom. The highest BCUT2D eigenvalue weighted by Gasteiger charge is 2.29. The van der Waals surface area contributed by atoms with Crippen molar-refractivity contribution in [2.45, 2.75) is 70.9 Å². The normalized spacial score (nSPS) is 23.5. The van der Waals surface area contributed by atoms with Crippen LogP contribution in [-0.4, -0.2) is 55.7 Å². The topological polar surface area (TPSA) is 109 Å². The van der Waals surface area contributed by atoms with Crippen molar-refractivity contribution in [2.75, 3.05) is 26.2 Å². The van der Waals surface area contributed by atoms with E-state index in [1.807, 2.05) is 0 Å². The Morgan fingerprint density at radius 2 is 1.75 bits per heavy atom. The maximum Gasteiger partial charge on any atom is 0.325 e. The molecule has 1 aliphatic heterocycles. The summed E-state index contributed by atoms with van der Waals surface area (Å²) in [6, 6.07) is -0.169. The third-order valence-electron chi connectivity index (χ3n) is 5.22. The van der Waals surface area contributed by atoms with Crippen molar-refractivity contribution in [3.63, 3.8) is 0 Å². The average molecular weight is 397 g/mol. The predicted molar refractivity (Wildman–Crippen MR) is 107 cm³/mol. The summed E-state index contributed by atoms with van der Waals surface area (Å²) in [5, 5.41) is 12.0. The first-order valence-electron chi connectivity index (χ1n) is 10.5. The van der Waals surface area contributed by atoms with E-state index in [0.717, 1.165) is 45.2 Å². The highest BCUT2D eigenvalue weighted by molar-refractivity contribution is 5.83. The van der Waals surface area contributed by atoms with E-state index in [4.69, 9.17) is 4.74 Å². The molecule has 4 N–H and O–H groups in total. The van der Waals surface area contributed by atoms with E-state index in [2.05, 4.69) is 21.3 Å². The number of nitrogens with one attached hydrogen (secondary N) is 4. The van der Waals surface area contributed by atoms with Crippen LogP contribution in [0.5, 0.6) is 0 Å². The van der Waals surface area contributed by atoms with Crippen LogP contribution in [0.25, 0.3) is 0 Å². The fraction of sp³-hybridized carbons (Fsp3) is 0.850. The number of rotatable bonds is 6. The van der Waals surface area contributed by atoms with Gasteiger partial charge in [0.2, 0.25) is 5.91 Å². The summed E-state index contributed by atoms with van der Waals surface area (Å²) in [6.45, 7) is 7.97. The van der Waals surface area contributed by atoms with Gasteiger partial charge in [-0.1, -0.05) is 6.42 Å². The molecule has 0 radical (unpaired) electrons. The molecule has 2 aliphatic rings. The Hall–Kier alpha value is -1.83. The van der Waals surface area contributed by atoms with E-state index < -0.39 is 11.6 Å². The van der Waals surface area contributed by atoms with Gasteiger partial charge in [0.1, 0.15) is 12.1 Å². The van der Waals surface area contributed by atoms with Crippen LogP contribution in [-0.2, 0) is 14.3 Å². The van der Waals surface area contributed by atoms with Crippen LogP contribution in [0.3, 0.4) is 0 Å². The predicted octanol–water partition coefficient (Wildman–Crippen LogP) is 1.30. The van der Waals surface area contributed by atoms with Crippen molar-refractivity contribution in [3.05, 3.63) is 0 Å². The van der Waals surface area contributed by atoms with Crippen molar-refractivity contribution in [1.82, 2.24) is 21.3 Å². The summed E-state index contributed by atoms with van der Waals surface area (Å²) in [5.74, 6) is -0.244. The van der Waals surface area contributed by atoms with Crippen LogP contribution in [0, 0.1) is 11.8 Å².